The Labute approximate surface area is 225 Å². The van der Waals surface area contributed by atoms with E-state index in [1.807, 2.05) is 50.2 Å². The second-order valence-corrected chi connectivity index (χ2v) is 10.7. The number of hydrogen-bond donors (Lipinski definition) is 2. The summed E-state index contributed by atoms with van der Waals surface area (Å²) in [6, 6.07) is 23.0. The fourth-order valence-electron chi connectivity index (χ4n) is 5.06. The summed E-state index contributed by atoms with van der Waals surface area (Å²) < 4.78 is 10.8. The van der Waals surface area contributed by atoms with E-state index in [9.17, 15) is 0 Å². The molecule has 3 N–H and O–H groups in total. The van der Waals surface area contributed by atoms with Crippen molar-refractivity contribution in [1.29, 1.82) is 0 Å². The van der Waals surface area contributed by atoms with Crippen molar-refractivity contribution in [2.45, 2.75) is 44.8 Å². The quantitative estimate of drug-likeness (QED) is 0.319. The van der Waals surface area contributed by atoms with E-state index in [2.05, 4.69) is 50.7 Å². The predicted octanol–water partition coefficient (Wildman–Crippen LogP) is 5.58. The number of nitrogens with one attached hydrogen (secondary N) is 1. The Bertz CT molecular complexity index is 1370. The van der Waals surface area contributed by atoms with Crippen LogP contribution in [0.2, 0.25) is 0 Å². The zero-order valence-electron chi connectivity index (χ0n) is 22.7. The van der Waals surface area contributed by atoms with Crippen molar-refractivity contribution < 1.29 is 9.47 Å². The van der Waals surface area contributed by atoms with E-state index in [-0.39, 0.29) is 5.54 Å². The van der Waals surface area contributed by atoms with Gasteiger partial charge in [-0.05, 0) is 80.3 Å². The molecule has 0 saturated carbocycles. The smallest absolute Gasteiger partial charge is 0.156 e. The predicted molar refractivity (Wildman–Crippen MR) is 154 cm³/mol. The number of piperidine rings is 1. The minimum Gasteiger partial charge on any atom is -0.497 e. The molecule has 0 spiro atoms. The van der Waals surface area contributed by atoms with Crippen molar-refractivity contribution in [3.05, 3.63) is 77.9 Å². The molecule has 7 nitrogen and oxygen atoms in total. The summed E-state index contributed by atoms with van der Waals surface area (Å²) in [6.45, 7) is 7.08. The molecule has 0 aliphatic carbocycles. The number of nitrogens with two attached hydrogens (primary N) is 1. The van der Waals surface area contributed by atoms with E-state index in [4.69, 9.17) is 15.2 Å². The van der Waals surface area contributed by atoms with Gasteiger partial charge in [-0.15, -0.1) is 10.2 Å². The molecule has 0 bridgehead atoms. The Morgan fingerprint density at radius 2 is 1.53 bits per heavy atom. The maximum atomic E-state index is 6.23. The number of methoxy groups -OCH3 is 2. The molecule has 1 aromatic heterocycles. The van der Waals surface area contributed by atoms with Gasteiger partial charge in [-0.3, -0.25) is 4.90 Å². The highest BCUT2D eigenvalue weighted by molar-refractivity contribution is 6.00. The molecular weight excluding hydrogens is 474 g/mol. The molecule has 0 unspecified atom stereocenters. The van der Waals surface area contributed by atoms with Gasteiger partial charge in [0.15, 0.2) is 5.82 Å². The van der Waals surface area contributed by atoms with Crippen LogP contribution in [0, 0.1) is 0 Å². The number of benzene rings is 3. The van der Waals surface area contributed by atoms with E-state index < -0.39 is 0 Å². The Balaban J connectivity index is 1.29. The van der Waals surface area contributed by atoms with Crippen molar-refractivity contribution in [3.8, 4) is 22.8 Å². The lowest BCUT2D eigenvalue weighted by molar-refractivity contribution is 0.211. The average Bonchev–Trinajstić information content (AvgIpc) is 2.94. The van der Waals surface area contributed by atoms with Gasteiger partial charge in [-0.25, -0.2) is 0 Å². The third kappa shape index (κ3) is 5.74. The van der Waals surface area contributed by atoms with Gasteiger partial charge >= 0.3 is 0 Å². The summed E-state index contributed by atoms with van der Waals surface area (Å²) in [6.07, 6.45) is 2.09. The minimum absolute atomic E-state index is 0.313. The van der Waals surface area contributed by atoms with Crippen LogP contribution in [-0.2, 0) is 12.1 Å². The van der Waals surface area contributed by atoms with Gasteiger partial charge in [0, 0.05) is 47.6 Å². The van der Waals surface area contributed by atoms with Gasteiger partial charge in [0.25, 0.3) is 0 Å². The van der Waals surface area contributed by atoms with Crippen LogP contribution in [-0.4, -0.2) is 48.4 Å². The number of aromatic nitrogens is 2. The average molecular weight is 512 g/mol. The first-order valence-electron chi connectivity index (χ1n) is 13.2. The van der Waals surface area contributed by atoms with Gasteiger partial charge in [0.05, 0.1) is 14.2 Å². The summed E-state index contributed by atoms with van der Waals surface area (Å²) in [5.41, 5.74) is 10.2. The van der Waals surface area contributed by atoms with Gasteiger partial charge in [0.2, 0.25) is 0 Å². The standard InChI is InChI=1S/C31H37N5O2/c1-31(2,32)23-9-5-21(6-10-23)20-36-17-15-24(16-18-36)33-30-28-19-26(38-4)13-14-27(28)29(34-35-30)22-7-11-25(37-3)12-8-22/h5-14,19,24H,15-18,20,32H2,1-4H3,(H,33,35). The molecule has 4 aromatic rings. The van der Waals surface area contributed by atoms with E-state index in [1.54, 1.807) is 14.2 Å². The number of ether oxygens (including phenoxy) is 2. The Hall–Kier alpha value is -3.68. The minimum atomic E-state index is -0.313. The highest BCUT2D eigenvalue weighted by atomic mass is 16.5. The molecule has 1 aliphatic heterocycles. The van der Waals surface area contributed by atoms with Gasteiger partial charge < -0.3 is 20.5 Å². The van der Waals surface area contributed by atoms with Crippen LogP contribution in [0.3, 0.4) is 0 Å². The second kappa shape index (κ2) is 11.0. The van der Waals surface area contributed by atoms with Gasteiger partial charge in [0.1, 0.15) is 17.2 Å². The third-order valence-corrected chi connectivity index (χ3v) is 7.38. The first-order valence-corrected chi connectivity index (χ1v) is 13.2. The Kier molecular flexibility index (Phi) is 7.49. The lowest BCUT2D eigenvalue weighted by Gasteiger charge is -2.33. The van der Waals surface area contributed by atoms with E-state index in [1.165, 1.54) is 5.56 Å². The lowest BCUT2D eigenvalue weighted by Crippen LogP contribution is -2.38. The van der Waals surface area contributed by atoms with Crippen LogP contribution in [0.15, 0.2) is 66.7 Å². The van der Waals surface area contributed by atoms with Crippen molar-refractivity contribution >= 4 is 16.6 Å². The second-order valence-electron chi connectivity index (χ2n) is 10.7. The summed E-state index contributed by atoms with van der Waals surface area (Å²) in [5, 5.41) is 15.0. The highest BCUT2D eigenvalue weighted by Crippen LogP contribution is 2.34. The summed E-state index contributed by atoms with van der Waals surface area (Å²) in [5.74, 6) is 2.41. The molecule has 0 atom stereocenters. The van der Waals surface area contributed by atoms with E-state index in [0.717, 1.165) is 77.4 Å². The summed E-state index contributed by atoms with van der Waals surface area (Å²) in [4.78, 5) is 2.51. The largest absolute Gasteiger partial charge is 0.497 e. The summed E-state index contributed by atoms with van der Waals surface area (Å²) in [7, 11) is 3.36. The number of rotatable bonds is 8. The topological polar surface area (TPSA) is 85.5 Å². The molecule has 0 radical (unpaired) electrons. The zero-order chi connectivity index (χ0) is 26.7. The maximum Gasteiger partial charge on any atom is 0.156 e. The molecule has 1 aliphatic rings. The normalized spacial score (nSPS) is 15.0. The van der Waals surface area contributed by atoms with Crippen LogP contribution < -0.4 is 20.5 Å². The molecule has 1 saturated heterocycles. The Morgan fingerprint density at radius 1 is 0.868 bits per heavy atom. The molecule has 5 rings (SSSR count). The molecule has 2 heterocycles. The molecule has 198 valence electrons. The Morgan fingerprint density at radius 3 is 2.16 bits per heavy atom. The van der Waals surface area contributed by atoms with Crippen molar-refractivity contribution in [1.82, 2.24) is 15.1 Å². The van der Waals surface area contributed by atoms with Gasteiger partial charge in [-0.2, -0.15) is 0 Å². The van der Waals surface area contributed by atoms with Crippen LogP contribution in [0.1, 0.15) is 37.8 Å². The number of likely N-dealkylation sites (tertiary alicyclic amines) is 1. The van der Waals surface area contributed by atoms with Crippen molar-refractivity contribution in [2.24, 2.45) is 5.73 Å². The number of nitrogens with zero attached hydrogens (tertiary/aromatic N) is 3. The fraction of sp³-hybridized carbons (Fsp3) is 0.355. The van der Waals surface area contributed by atoms with E-state index >= 15 is 0 Å². The molecule has 3 aromatic carbocycles. The molecule has 7 heteroatoms. The molecule has 38 heavy (non-hydrogen) atoms. The van der Waals surface area contributed by atoms with E-state index in [0.29, 0.717) is 6.04 Å². The third-order valence-electron chi connectivity index (χ3n) is 7.38. The molecular formula is C31H37N5O2. The first-order chi connectivity index (χ1) is 18.3. The van der Waals surface area contributed by atoms with Crippen LogP contribution >= 0.6 is 0 Å². The van der Waals surface area contributed by atoms with Crippen LogP contribution in [0.25, 0.3) is 22.0 Å². The summed E-state index contributed by atoms with van der Waals surface area (Å²) >= 11 is 0. The fourth-order valence-corrected chi connectivity index (χ4v) is 5.06. The monoisotopic (exact) mass is 511 g/mol. The molecule has 1 fully saturated rings. The van der Waals surface area contributed by atoms with Crippen LogP contribution in [0.5, 0.6) is 11.5 Å². The maximum absolute atomic E-state index is 6.23. The van der Waals surface area contributed by atoms with Gasteiger partial charge in [-0.1, -0.05) is 24.3 Å². The zero-order valence-corrected chi connectivity index (χ0v) is 22.7. The lowest BCUT2D eigenvalue weighted by atomic mass is 9.94. The number of hydrogen-bond acceptors (Lipinski definition) is 7. The van der Waals surface area contributed by atoms with Crippen molar-refractivity contribution in [2.75, 3.05) is 32.6 Å². The SMILES string of the molecule is COc1ccc(-c2nnc(NC3CCN(Cc4ccc(C(C)(C)N)cc4)CC3)c3cc(OC)ccc23)cc1. The number of anilines is 1. The van der Waals surface area contributed by atoms with Crippen LogP contribution in [0.4, 0.5) is 5.82 Å². The molecule has 0 amide bonds. The first kappa shape index (κ1) is 25.9. The van der Waals surface area contributed by atoms with Crippen molar-refractivity contribution in [3.63, 3.8) is 0 Å². The number of fused-ring (bicyclic) bond motifs is 1. The highest BCUT2D eigenvalue weighted by Gasteiger charge is 2.22.